The van der Waals surface area contributed by atoms with Gasteiger partial charge in [0.15, 0.2) is 0 Å². The number of halogens is 1. The van der Waals surface area contributed by atoms with Crippen molar-refractivity contribution >= 4 is 27.5 Å². The molecule has 1 aromatic rings. The third kappa shape index (κ3) is 2.12. The molecule has 0 aliphatic carbocycles. The molecule has 1 fully saturated rings. The van der Waals surface area contributed by atoms with Gasteiger partial charge in [0.1, 0.15) is 5.54 Å². The van der Waals surface area contributed by atoms with E-state index >= 15 is 0 Å². The number of carbonyl (C=O) groups is 1. The van der Waals surface area contributed by atoms with Crippen LogP contribution in [0.25, 0.3) is 0 Å². The summed E-state index contributed by atoms with van der Waals surface area (Å²) in [6.07, 6.45) is 0. The SMILES string of the molecule is CC1(C)C(=O)NCCN1c1cccc(Br)c1CN. The van der Waals surface area contributed by atoms with Crippen LogP contribution < -0.4 is 16.0 Å². The lowest BCUT2D eigenvalue weighted by Gasteiger charge is -2.43. The van der Waals surface area contributed by atoms with E-state index in [2.05, 4.69) is 26.1 Å². The molecule has 98 valence electrons. The van der Waals surface area contributed by atoms with E-state index in [4.69, 9.17) is 5.73 Å². The van der Waals surface area contributed by atoms with Gasteiger partial charge in [-0.05, 0) is 26.0 Å². The number of nitrogens with zero attached hydrogens (tertiary/aromatic N) is 1. The quantitative estimate of drug-likeness (QED) is 0.872. The Labute approximate surface area is 116 Å². The lowest BCUT2D eigenvalue weighted by atomic mass is 9.96. The Morgan fingerprint density at radius 2 is 2.22 bits per heavy atom. The van der Waals surface area contributed by atoms with Gasteiger partial charge in [0.05, 0.1) is 0 Å². The Kier molecular flexibility index (Phi) is 3.64. The summed E-state index contributed by atoms with van der Waals surface area (Å²) in [5.41, 5.74) is 7.35. The third-order valence-corrected chi connectivity index (χ3v) is 4.18. The fourth-order valence-corrected chi connectivity index (χ4v) is 2.84. The fourth-order valence-electron chi connectivity index (χ4n) is 2.32. The molecular formula is C13H18BrN3O. The number of anilines is 1. The van der Waals surface area contributed by atoms with Gasteiger partial charge in [0, 0.05) is 35.4 Å². The third-order valence-electron chi connectivity index (χ3n) is 3.44. The van der Waals surface area contributed by atoms with Gasteiger partial charge >= 0.3 is 0 Å². The molecule has 2 rings (SSSR count). The molecule has 1 aromatic carbocycles. The summed E-state index contributed by atoms with van der Waals surface area (Å²) in [7, 11) is 0. The summed E-state index contributed by atoms with van der Waals surface area (Å²) in [5.74, 6) is 0.0525. The van der Waals surface area contributed by atoms with Crippen LogP contribution in [0.1, 0.15) is 19.4 Å². The molecule has 4 nitrogen and oxygen atoms in total. The maximum absolute atomic E-state index is 12.0. The first-order valence-electron chi connectivity index (χ1n) is 6.02. The Bertz CT molecular complexity index is 473. The average Bonchev–Trinajstić information content (AvgIpc) is 2.32. The second-order valence-electron chi connectivity index (χ2n) is 4.91. The molecular weight excluding hydrogens is 294 g/mol. The highest BCUT2D eigenvalue weighted by atomic mass is 79.9. The van der Waals surface area contributed by atoms with Crippen molar-refractivity contribution in [3.05, 3.63) is 28.2 Å². The molecule has 0 saturated carbocycles. The van der Waals surface area contributed by atoms with Crippen molar-refractivity contribution in [1.82, 2.24) is 5.32 Å². The minimum absolute atomic E-state index is 0.0525. The molecule has 1 saturated heterocycles. The second-order valence-corrected chi connectivity index (χ2v) is 5.76. The van der Waals surface area contributed by atoms with Crippen molar-refractivity contribution in [1.29, 1.82) is 0 Å². The Hall–Kier alpha value is -1.07. The maximum atomic E-state index is 12.0. The number of rotatable bonds is 2. The number of hydrogen-bond acceptors (Lipinski definition) is 3. The van der Waals surface area contributed by atoms with E-state index in [-0.39, 0.29) is 5.91 Å². The van der Waals surface area contributed by atoms with Gasteiger partial charge in [-0.25, -0.2) is 0 Å². The van der Waals surface area contributed by atoms with Crippen LogP contribution in [-0.2, 0) is 11.3 Å². The first kappa shape index (κ1) is 13.4. The molecule has 1 amide bonds. The van der Waals surface area contributed by atoms with Gasteiger partial charge in [0.25, 0.3) is 0 Å². The van der Waals surface area contributed by atoms with Crippen LogP contribution >= 0.6 is 15.9 Å². The zero-order valence-corrected chi connectivity index (χ0v) is 12.3. The molecule has 1 heterocycles. The predicted octanol–water partition coefficient (Wildman–Crippen LogP) is 1.62. The number of benzene rings is 1. The largest absolute Gasteiger partial charge is 0.355 e. The minimum Gasteiger partial charge on any atom is -0.355 e. The normalized spacial score (nSPS) is 18.7. The molecule has 1 aliphatic heterocycles. The summed E-state index contributed by atoms with van der Waals surface area (Å²) < 4.78 is 0.990. The molecule has 3 N–H and O–H groups in total. The maximum Gasteiger partial charge on any atom is 0.245 e. The van der Waals surface area contributed by atoms with E-state index in [1.165, 1.54) is 0 Å². The van der Waals surface area contributed by atoms with Crippen molar-refractivity contribution < 1.29 is 4.79 Å². The monoisotopic (exact) mass is 311 g/mol. The number of piperazine rings is 1. The summed E-state index contributed by atoms with van der Waals surface area (Å²) >= 11 is 3.52. The van der Waals surface area contributed by atoms with Crippen LogP contribution in [-0.4, -0.2) is 24.5 Å². The lowest BCUT2D eigenvalue weighted by molar-refractivity contribution is -0.126. The van der Waals surface area contributed by atoms with Crippen molar-refractivity contribution in [2.75, 3.05) is 18.0 Å². The molecule has 0 spiro atoms. The summed E-state index contributed by atoms with van der Waals surface area (Å²) in [4.78, 5) is 14.1. The molecule has 5 heteroatoms. The number of hydrogen-bond donors (Lipinski definition) is 2. The van der Waals surface area contributed by atoms with E-state index in [1.54, 1.807) is 0 Å². The summed E-state index contributed by atoms with van der Waals surface area (Å²) in [6, 6.07) is 5.97. The number of nitrogens with two attached hydrogens (primary N) is 1. The van der Waals surface area contributed by atoms with Crippen molar-refractivity contribution in [3.63, 3.8) is 0 Å². The van der Waals surface area contributed by atoms with Gasteiger partial charge in [-0.15, -0.1) is 0 Å². The van der Waals surface area contributed by atoms with E-state index in [0.717, 1.165) is 22.3 Å². The van der Waals surface area contributed by atoms with Gasteiger partial charge in [-0.2, -0.15) is 0 Å². The van der Waals surface area contributed by atoms with Crippen LogP contribution in [0.5, 0.6) is 0 Å². The minimum atomic E-state index is -0.553. The molecule has 0 atom stereocenters. The molecule has 0 bridgehead atoms. The molecule has 0 aromatic heterocycles. The van der Waals surface area contributed by atoms with Crippen molar-refractivity contribution in [2.24, 2.45) is 5.73 Å². The average molecular weight is 312 g/mol. The molecule has 18 heavy (non-hydrogen) atoms. The molecule has 0 radical (unpaired) electrons. The van der Waals surface area contributed by atoms with Crippen LogP contribution in [0.4, 0.5) is 5.69 Å². The van der Waals surface area contributed by atoms with Crippen molar-refractivity contribution in [3.8, 4) is 0 Å². The first-order valence-corrected chi connectivity index (χ1v) is 6.81. The summed E-state index contributed by atoms with van der Waals surface area (Å²) in [5, 5.41) is 2.90. The Morgan fingerprint density at radius 3 is 2.89 bits per heavy atom. The van der Waals surface area contributed by atoms with Crippen LogP contribution in [0.3, 0.4) is 0 Å². The smallest absolute Gasteiger partial charge is 0.245 e. The van der Waals surface area contributed by atoms with Crippen molar-refractivity contribution in [2.45, 2.75) is 25.9 Å². The van der Waals surface area contributed by atoms with Crippen LogP contribution in [0.15, 0.2) is 22.7 Å². The highest BCUT2D eigenvalue weighted by Gasteiger charge is 2.38. The number of carbonyl (C=O) groups excluding carboxylic acids is 1. The highest BCUT2D eigenvalue weighted by Crippen LogP contribution is 2.32. The molecule has 0 unspecified atom stereocenters. The highest BCUT2D eigenvalue weighted by molar-refractivity contribution is 9.10. The Morgan fingerprint density at radius 1 is 1.50 bits per heavy atom. The second kappa shape index (κ2) is 4.90. The lowest BCUT2D eigenvalue weighted by Crippen LogP contribution is -2.62. The van der Waals surface area contributed by atoms with Gasteiger partial charge in [-0.3, -0.25) is 4.79 Å². The fraction of sp³-hybridized carbons (Fsp3) is 0.462. The zero-order chi connectivity index (χ0) is 13.3. The Balaban J connectivity index is 2.48. The van der Waals surface area contributed by atoms with E-state index < -0.39 is 5.54 Å². The van der Waals surface area contributed by atoms with Gasteiger partial charge < -0.3 is 16.0 Å². The number of amides is 1. The van der Waals surface area contributed by atoms with E-state index in [0.29, 0.717) is 13.1 Å². The van der Waals surface area contributed by atoms with E-state index in [1.807, 2.05) is 32.0 Å². The topological polar surface area (TPSA) is 58.4 Å². The predicted molar refractivity (Wildman–Crippen MR) is 76.5 cm³/mol. The van der Waals surface area contributed by atoms with Crippen LogP contribution in [0, 0.1) is 0 Å². The summed E-state index contributed by atoms with van der Waals surface area (Å²) in [6.45, 7) is 5.78. The van der Waals surface area contributed by atoms with Gasteiger partial charge in [0.2, 0.25) is 5.91 Å². The first-order chi connectivity index (χ1) is 8.48. The van der Waals surface area contributed by atoms with Gasteiger partial charge in [-0.1, -0.05) is 22.0 Å². The molecule has 1 aliphatic rings. The zero-order valence-electron chi connectivity index (χ0n) is 10.7. The standard InChI is InChI=1S/C13H18BrN3O/c1-13(2)12(18)16-6-7-17(13)11-5-3-4-10(14)9(11)8-15/h3-5H,6-8,15H2,1-2H3,(H,16,18). The number of nitrogens with one attached hydrogen (secondary N) is 1. The van der Waals surface area contributed by atoms with Crippen LogP contribution in [0.2, 0.25) is 0 Å². The van der Waals surface area contributed by atoms with E-state index in [9.17, 15) is 4.79 Å².